The van der Waals surface area contributed by atoms with Gasteiger partial charge in [-0.25, -0.2) is 0 Å². The minimum absolute atomic E-state index is 0.0670. The third-order valence-corrected chi connectivity index (χ3v) is 2.23. The second-order valence-electron chi connectivity index (χ2n) is 3.08. The molecular formula is C11H12ClNO. The Labute approximate surface area is 88.6 Å². The third kappa shape index (κ3) is 2.67. The van der Waals surface area contributed by atoms with Crippen LogP contribution in [0.1, 0.15) is 22.3 Å². The van der Waals surface area contributed by atoms with E-state index in [1.54, 1.807) is 12.1 Å². The molecule has 0 aromatic heterocycles. The van der Waals surface area contributed by atoms with Gasteiger partial charge in [-0.15, -0.1) is 0 Å². The first-order chi connectivity index (χ1) is 6.65. The summed E-state index contributed by atoms with van der Waals surface area (Å²) in [7, 11) is 0. The lowest BCUT2D eigenvalue weighted by Crippen LogP contribution is -2.03. The molecule has 0 bridgehead atoms. The van der Waals surface area contributed by atoms with Gasteiger partial charge < -0.3 is 4.99 Å². The SMILES string of the molecule is C=NCCC(=O)c1cc(Cl)ccc1C. The molecule has 0 amide bonds. The van der Waals surface area contributed by atoms with Gasteiger partial charge in [0.25, 0.3) is 0 Å². The van der Waals surface area contributed by atoms with Crippen LogP contribution in [0.5, 0.6) is 0 Å². The van der Waals surface area contributed by atoms with E-state index < -0.39 is 0 Å². The highest BCUT2D eigenvalue weighted by Crippen LogP contribution is 2.16. The molecule has 0 saturated carbocycles. The van der Waals surface area contributed by atoms with Gasteiger partial charge in [0.05, 0.1) is 0 Å². The van der Waals surface area contributed by atoms with Gasteiger partial charge in [0.15, 0.2) is 5.78 Å². The first kappa shape index (κ1) is 10.9. The summed E-state index contributed by atoms with van der Waals surface area (Å²) >= 11 is 5.81. The fraction of sp³-hybridized carbons (Fsp3) is 0.273. The van der Waals surface area contributed by atoms with Crippen LogP contribution >= 0.6 is 11.6 Å². The summed E-state index contributed by atoms with van der Waals surface area (Å²) in [6.07, 6.45) is 0.394. The number of hydrogen-bond donors (Lipinski definition) is 0. The molecule has 1 aromatic rings. The van der Waals surface area contributed by atoms with Crippen LogP contribution in [0.25, 0.3) is 0 Å². The highest BCUT2D eigenvalue weighted by molar-refractivity contribution is 6.31. The van der Waals surface area contributed by atoms with Crippen LogP contribution < -0.4 is 0 Å². The van der Waals surface area contributed by atoms with Gasteiger partial charge in [-0.3, -0.25) is 4.79 Å². The molecule has 14 heavy (non-hydrogen) atoms. The number of ketones is 1. The molecule has 0 unspecified atom stereocenters. The van der Waals surface area contributed by atoms with Gasteiger partial charge in [-0.05, 0) is 31.3 Å². The highest BCUT2D eigenvalue weighted by Gasteiger charge is 2.08. The second kappa shape index (κ2) is 4.91. The van der Waals surface area contributed by atoms with Crippen molar-refractivity contribution in [1.82, 2.24) is 0 Å². The van der Waals surface area contributed by atoms with Crippen LogP contribution in [0, 0.1) is 6.92 Å². The van der Waals surface area contributed by atoms with E-state index in [1.807, 2.05) is 13.0 Å². The van der Waals surface area contributed by atoms with Gasteiger partial charge in [0, 0.05) is 23.6 Å². The van der Waals surface area contributed by atoms with Crippen molar-refractivity contribution in [1.29, 1.82) is 0 Å². The molecule has 0 heterocycles. The quantitative estimate of drug-likeness (QED) is 0.554. The Morgan fingerprint density at radius 1 is 1.57 bits per heavy atom. The zero-order valence-electron chi connectivity index (χ0n) is 8.09. The fourth-order valence-corrected chi connectivity index (χ4v) is 1.38. The minimum atomic E-state index is 0.0670. The predicted octanol–water partition coefficient (Wildman–Crippen LogP) is 2.92. The maximum Gasteiger partial charge on any atom is 0.165 e. The van der Waals surface area contributed by atoms with E-state index in [0.717, 1.165) is 5.56 Å². The number of Topliss-reactive ketones (excluding diaryl/α,β-unsaturated/α-hetero) is 1. The highest BCUT2D eigenvalue weighted by atomic mass is 35.5. The summed E-state index contributed by atoms with van der Waals surface area (Å²) < 4.78 is 0. The lowest BCUT2D eigenvalue weighted by atomic mass is 10.0. The van der Waals surface area contributed by atoms with Crippen LogP contribution in [-0.4, -0.2) is 19.0 Å². The molecule has 1 aromatic carbocycles. The van der Waals surface area contributed by atoms with E-state index in [0.29, 0.717) is 23.6 Å². The van der Waals surface area contributed by atoms with Crippen molar-refractivity contribution in [3.05, 3.63) is 34.3 Å². The molecule has 0 aliphatic carbocycles. The van der Waals surface area contributed by atoms with Crippen molar-refractivity contribution in [2.45, 2.75) is 13.3 Å². The Bertz CT molecular complexity index is 360. The number of carbonyl (C=O) groups excluding carboxylic acids is 1. The summed E-state index contributed by atoms with van der Waals surface area (Å²) in [4.78, 5) is 15.3. The Balaban J connectivity index is 2.88. The van der Waals surface area contributed by atoms with Gasteiger partial charge in [-0.2, -0.15) is 0 Å². The summed E-state index contributed by atoms with van der Waals surface area (Å²) in [5.41, 5.74) is 1.63. The van der Waals surface area contributed by atoms with Crippen LogP contribution in [0.4, 0.5) is 0 Å². The predicted molar refractivity (Wildman–Crippen MR) is 59.6 cm³/mol. The second-order valence-corrected chi connectivity index (χ2v) is 3.52. The topological polar surface area (TPSA) is 29.4 Å². The Hall–Kier alpha value is -1.15. The van der Waals surface area contributed by atoms with E-state index in [2.05, 4.69) is 11.7 Å². The monoisotopic (exact) mass is 209 g/mol. The normalized spacial score (nSPS) is 9.86. The summed E-state index contributed by atoms with van der Waals surface area (Å²) in [5, 5.41) is 0.588. The molecule has 0 radical (unpaired) electrons. The molecule has 0 fully saturated rings. The van der Waals surface area contributed by atoms with Gasteiger partial charge in [-0.1, -0.05) is 17.7 Å². The number of nitrogens with zero attached hydrogens (tertiary/aromatic N) is 1. The molecule has 1 rings (SSSR count). The van der Waals surface area contributed by atoms with E-state index in [1.165, 1.54) is 0 Å². The Kier molecular flexibility index (Phi) is 3.84. The van der Waals surface area contributed by atoms with Gasteiger partial charge >= 0.3 is 0 Å². The molecular weight excluding hydrogens is 198 g/mol. The number of hydrogen-bond acceptors (Lipinski definition) is 2. The number of benzene rings is 1. The average molecular weight is 210 g/mol. The molecule has 0 aliphatic heterocycles. The molecule has 2 nitrogen and oxygen atoms in total. The smallest absolute Gasteiger partial charge is 0.165 e. The van der Waals surface area contributed by atoms with Crippen LogP contribution in [-0.2, 0) is 0 Å². The Morgan fingerprint density at radius 2 is 2.29 bits per heavy atom. The van der Waals surface area contributed by atoms with Gasteiger partial charge in [0.2, 0.25) is 0 Å². The lowest BCUT2D eigenvalue weighted by Gasteiger charge is -2.03. The van der Waals surface area contributed by atoms with Gasteiger partial charge in [0.1, 0.15) is 0 Å². The molecule has 74 valence electrons. The van der Waals surface area contributed by atoms with Crippen LogP contribution in [0.3, 0.4) is 0 Å². The number of aryl methyl sites for hydroxylation is 1. The van der Waals surface area contributed by atoms with E-state index in [-0.39, 0.29) is 5.78 Å². The maximum atomic E-state index is 11.6. The minimum Gasteiger partial charge on any atom is -0.300 e. The first-order valence-corrected chi connectivity index (χ1v) is 4.75. The molecule has 0 aliphatic rings. The molecule has 0 N–H and O–H groups in total. The van der Waals surface area contributed by atoms with E-state index in [9.17, 15) is 4.79 Å². The van der Waals surface area contributed by atoms with E-state index >= 15 is 0 Å². The first-order valence-electron chi connectivity index (χ1n) is 4.37. The number of rotatable bonds is 4. The molecule has 3 heteroatoms. The van der Waals surface area contributed by atoms with Crippen molar-refractivity contribution in [2.24, 2.45) is 4.99 Å². The summed E-state index contributed by atoms with van der Waals surface area (Å²) in [5.74, 6) is 0.0670. The van der Waals surface area contributed by atoms with Crippen molar-refractivity contribution in [2.75, 3.05) is 6.54 Å². The van der Waals surface area contributed by atoms with Crippen molar-refractivity contribution >= 4 is 24.1 Å². The van der Waals surface area contributed by atoms with Crippen molar-refractivity contribution in [3.8, 4) is 0 Å². The zero-order valence-corrected chi connectivity index (χ0v) is 8.84. The van der Waals surface area contributed by atoms with Crippen molar-refractivity contribution < 1.29 is 4.79 Å². The summed E-state index contributed by atoms with van der Waals surface area (Å²) in [6, 6.07) is 5.32. The molecule has 0 atom stereocenters. The van der Waals surface area contributed by atoms with Crippen LogP contribution in [0.15, 0.2) is 23.2 Å². The molecule has 0 saturated heterocycles. The number of halogens is 1. The van der Waals surface area contributed by atoms with Crippen molar-refractivity contribution in [3.63, 3.8) is 0 Å². The Morgan fingerprint density at radius 3 is 2.93 bits per heavy atom. The number of carbonyl (C=O) groups is 1. The largest absolute Gasteiger partial charge is 0.300 e. The fourth-order valence-electron chi connectivity index (χ4n) is 1.21. The third-order valence-electron chi connectivity index (χ3n) is 2.00. The standard InChI is InChI=1S/C11H12ClNO/c1-8-3-4-9(12)7-10(8)11(14)5-6-13-2/h3-4,7H,2,5-6H2,1H3. The summed E-state index contributed by atoms with van der Waals surface area (Å²) in [6.45, 7) is 5.69. The lowest BCUT2D eigenvalue weighted by molar-refractivity contribution is 0.0985. The van der Waals surface area contributed by atoms with E-state index in [4.69, 9.17) is 11.6 Å². The number of aliphatic imine (C=N–C) groups is 1. The van der Waals surface area contributed by atoms with Crippen LogP contribution in [0.2, 0.25) is 5.02 Å². The molecule has 0 spiro atoms. The average Bonchev–Trinajstić information content (AvgIpc) is 2.18. The maximum absolute atomic E-state index is 11.6. The zero-order chi connectivity index (χ0) is 10.6.